The number of carbonyl (C=O) groups is 1. The second kappa shape index (κ2) is 8.78. The van der Waals surface area contributed by atoms with Crippen molar-refractivity contribution in [3.8, 4) is 0 Å². The van der Waals surface area contributed by atoms with Crippen LogP contribution in [0.5, 0.6) is 0 Å². The molecule has 3 aromatic rings. The summed E-state index contributed by atoms with van der Waals surface area (Å²) < 4.78 is 0. The van der Waals surface area contributed by atoms with Crippen LogP contribution in [0.3, 0.4) is 0 Å². The molecule has 4 rings (SSSR count). The van der Waals surface area contributed by atoms with Gasteiger partial charge in [0, 0.05) is 32.4 Å². The summed E-state index contributed by atoms with van der Waals surface area (Å²) in [6.07, 6.45) is 2.61. The molecule has 0 saturated heterocycles. The number of hydrogen-bond donors (Lipinski definition) is 1. The second-order valence-electron chi connectivity index (χ2n) is 7.37. The van der Waals surface area contributed by atoms with E-state index < -0.39 is 0 Å². The molecule has 2 heterocycles. The van der Waals surface area contributed by atoms with Gasteiger partial charge < -0.3 is 10.2 Å². The van der Waals surface area contributed by atoms with Crippen molar-refractivity contribution >= 4 is 17.5 Å². The van der Waals surface area contributed by atoms with E-state index in [0.717, 1.165) is 31.0 Å². The topological polar surface area (TPSA) is 48.5 Å². The molecule has 0 unspecified atom stereocenters. The standard InChI is InChI=1S/C24H26N4O/c1-19-9-11-21(12-10-19)18-27-16-17-28(22-8-5-14-25-23(22)27)24(29)26-15-13-20-6-3-2-4-7-20/h2-12,14H,13,15-18H2,1H3,(H,26,29). The normalized spacial score (nSPS) is 13.1. The number of aryl methyl sites for hydroxylation is 1. The van der Waals surface area contributed by atoms with E-state index in [1.54, 1.807) is 11.1 Å². The summed E-state index contributed by atoms with van der Waals surface area (Å²) >= 11 is 0. The van der Waals surface area contributed by atoms with E-state index in [1.807, 2.05) is 30.3 Å². The van der Waals surface area contributed by atoms with Crippen LogP contribution in [-0.4, -0.2) is 30.6 Å². The number of nitrogens with zero attached hydrogens (tertiary/aromatic N) is 3. The first-order valence-corrected chi connectivity index (χ1v) is 10.1. The van der Waals surface area contributed by atoms with E-state index in [1.165, 1.54) is 16.7 Å². The Labute approximate surface area is 172 Å². The minimum absolute atomic E-state index is 0.0647. The van der Waals surface area contributed by atoms with Gasteiger partial charge in [-0.3, -0.25) is 4.90 Å². The highest BCUT2D eigenvalue weighted by atomic mass is 16.2. The number of nitrogens with one attached hydrogen (secondary N) is 1. The average molecular weight is 386 g/mol. The van der Waals surface area contributed by atoms with Crippen LogP contribution in [0, 0.1) is 6.92 Å². The van der Waals surface area contributed by atoms with Crippen LogP contribution in [0.15, 0.2) is 72.9 Å². The van der Waals surface area contributed by atoms with E-state index in [-0.39, 0.29) is 6.03 Å². The number of urea groups is 1. The summed E-state index contributed by atoms with van der Waals surface area (Å²) in [7, 11) is 0. The Hall–Kier alpha value is -3.34. The lowest BCUT2D eigenvalue weighted by atomic mass is 10.1. The first-order chi connectivity index (χ1) is 14.2. The maximum absolute atomic E-state index is 12.8. The molecule has 0 fully saturated rings. The van der Waals surface area contributed by atoms with Crippen molar-refractivity contribution in [2.45, 2.75) is 19.9 Å². The lowest BCUT2D eigenvalue weighted by Gasteiger charge is -2.36. The van der Waals surface area contributed by atoms with Crippen molar-refractivity contribution in [2.24, 2.45) is 0 Å². The quantitative estimate of drug-likeness (QED) is 0.716. The number of benzene rings is 2. The Morgan fingerprint density at radius 1 is 0.966 bits per heavy atom. The Balaban J connectivity index is 1.43. The van der Waals surface area contributed by atoms with Gasteiger partial charge in [0.05, 0.1) is 5.69 Å². The Morgan fingerprint density at radius 3 is 2.55 bits per heavy atom. The van der Waals surface area contributed by atoms with Gasteiger partial charge in [-0.2, -0.15) is 0 Å². The molecule has 5 heteroatoms. The molecule has 2 aromatic carbocycles. The van der Waals surface area contributed by atoms with Crippen LogP contribution in [0.2, 0.25) is 0 Å². The van der Waals surface area contributed by atoms with E-state index in [4.69, 9.17) is 0 Å². The van der Waals surface area contributed by atoms with E-state index >= 15 is 0 Å². The average Bonchev–Trinajstić information content (AvgIpc) is 2.76. The van der Waals surface area contributed by atoms with Crippen LogP contribution >= 0.6 is 0 Å². The summed E-state index contributed by atoms with van der Waals surface area (Å²) in [4.78, 5) is 21.4. The maximum Gasteiger partial charge on any atom is 0.322 e. The summed E-state index contributed by atoms with van der Waals surface area (Å²) in [6, 6.07) is 22.6. The highest BCUT2D eigenvalue weighted by molar-refractivity contribution is 5.96. The molecule has 0 aliphatic carbocycles. The predicted octanol–water partition coefficient (Wildman–Crippen LogP) is 4.17. The molecule has 1 aromatic heterocycles. The second-order valence-corrected chi connectivity index (χ2v) is 7.37. The zero-order valence-electron chi connectivity index (χ0n) is 16.7. The first-order valence-electron chi connectivity index (χ1n) is 10.1. The number of fused-ring (bicyclic) bond motifs is 1. The number of amides is 2. The summed E-state index contributed by atoms with van der Waals surface area (Å²) in [5, 5.41) is 3.05. The van der Waals surface area contributed by atoms with Crippen LogP contribution in [0.25, 0.3) is 0 Å². The van der Waals surface area contributed by atoms with Crippen molar-refractivity contribution in [3.05, 3.63) is 89.6 Å². The highest BCUT2D eigenvalue weighted by Crippen LogP contribution is 2.31. The predicted molar refractivity (Wildman–Crippen MR) is 117 cm³/mol. The molecule has 0 atom stereocenters. The molecule has 1 aliphatic heterocycles. The van der Waals surface area contributed by atoms with Crippen LogP contribution in [0.1, 0.15) is 16.7 Å². The third-order valence-corrected chi connectivity index (χ3v) is 5.22. The molecule has 5 nitrogen and oxygen atoms in total. The minimum Gasteiger partial charge on any atom is -0.349 e. The zero-order valence-corrected chi connectivity index (χ0v) is 16.7. The first kappa shape index (κ1) is 19.0. The van der Waals surface area contributed by atoms with Gasteiger partial charge in [-0.15, -0.1) is 0 Å². The van der Waals surface area contributed by atoms with Gasteiger partial charge in [-0.05, 0) is 36.6 Å². The van der Waals surface area contributed by atoms with Gasteiger partial charge in [0.15, 0.2) is 5.82 Å². The zero-order chi connectivity index (χ0) is 20.1. The molecule has 29 heavy (non-hydrogen) atoms. The van der Waals surface area contributed by atoms with Gasteiger partial charge in [-0.25, -0.2) is 9.78 Å². The molecule has 1 aliphatic rings. The molecule has 2 amide bonds. The lowest BCUT2D eigenvalue weighted by molar-refractivity contribution is 0.246. The molecule has 0 bridgehead atoms. The Morgan fingerprint density at radius 2 is 1.76 bits per heavy atom. The fourth-order valence-electron chi connectivity index (χ4n) is 3.62. The summed E-state index contributed by atoms with van der Waals surface area (Å²) in [5.74, 6) is 0.859. The van der Waals surface area contributed by atoms with Gasteiger partial charge >= 0.3 is 6.03 Å². The third-order valence-electron chi connectivity index (χ3n) is 5.22. The molecular weight excluding hydrogens is 360 g/mol. The maximum atomic E-state index is 12.8. The number of aromatic nitrogens is 1. The smallest absolute Gasteiger partial charge is 0.322 e. The third kappa shape index (κ3) is 4.57. The van der Waals surface area contributed by atoms with Gasteiger partial charge in [0.1, 0.15) is 0 Å². The fourth-order valence-corrected chi connectivity index (χ4v) is 3.62. The van der Waals surface area contributed by atoms with Crippen LogP contribution in [-0.2, 0) is 13.0 Å². The lowest BCUT2D eigenvalue weighted by Crippen LogP contribution is -2.48. The van der Waals surface area contributed by atoms with Crippen molar-refractivity contribution in [2.75, 3.05) is 29.4 Å². The van der Waals surface area contributed by atoms with E-state index in [9.17, 15) is 4.79 Å². The van der Waals surface area contributed by atoms with Crippen molar-refractivity contribution < 1.29 is 4.79 Å². The largest absolute Gasteiger partial charge is 0.349 e. The van der Waals surface area contributed by atoms with Gasteiger partial charge in [0.25, 0.3) is 0 Å². The number of rotatable bonds is 5. The van der Waals surface area contributed by atoms with E-state index in [2.05, 4.69) is 58.5 Å². The Kier molecular flexibility index (Phi) is 5.75. The molecule has 0 spiro atoms. The molecular formula is C24H26N4O. The van der Waals surface area contributed by atoms with Crippen LogP contribution in [0.4, 0.5) is 16.3 Å². The number of hydrogen-bond acceptors (Lipinski definition) is 3. The van der Waals surface area contributed by atoms with Crippen molar-refractivity contribution in [3.63, 3.8) is 0 Å². The SMILES string of the molecule is Cc1ccc(CN2CCN(C(=O)NCCc3ccccc3)c3cccnc32)cc1. The molecule has 148 valence electrons. The highest BCUT2D eigenvalue weighted by Gasteiger charge is 2.27. The minimum atomic E-state index is -0.0647. The number of anilines is 2. The molecule has 0 saturated carbocycles. The van der Waals surface area contributed by atoms with Gasteiger partial charge in [-0.1, -0.05) is 60.2 Å². The Bertz CT molecular complexity index is 956. The van der Waals surface area contributed by atoms with Gasteiger partial charge in [0.2, 0.25) is 0 Å². The van der Waals surface area contributed by atoms with E-state index in [0.29, 0.717) is 13.1 Å². The molecule has 1 N–H and O–H groups in total. The summed E-state index contributed by atoms with van der Waals surface area (Å²) in [6.45, 7) is 4.89. The van der Waals surface area contributed by atoms with Crippen molar-refractivity contribution in [1.29, 1.82) is 0 Å². The van der Waals surface area contributed by atoms with Crippen LogP contribution < -0.4 is 15.1 Å². The van der Waals surface area contributed by atoms with Crippen molar-refractivity contribution in [1.82, 2.24) is 10.3 Å². The monoisotopic (exact) mass is 386 g/mol. The number of carbonyl (C=O) groups excluding carboxylic acids is 1. The fraction of sp³-hybridized carbons (Fsp3) is 0.250. The summed E-state index contributed by atoms with van der Waals surface area (Å²) in [5.41, 5.74) is 4.58. The molecule has 0 radical (unpaired) electrons. The number of pyridine rings is 1.